The van der Waals surface area contributed by atoms with Crippen molar-refractivity contribution in [1.82, 2.24) is 4.72 Å². The minimum Gasteiger partial charge on any atom is -0.486 e. The van der Waals surface area contributed by atoms with Gasteiger partial charge in [-0.2, -0.15) is 0 Å². The van der Waals surface area contributed by atoms with Crippen molar-refractivity contribution < 1.29 is 13.2 Å². The molecule has 0 aliphatic carbocycles. The first kappa shape index (κ1) is 14.8. The van der Waals surface area contributed by atoms with Crippen LogP contribution in [0.2, 0.25) is 0 Å². The molecule has 108 valence electrons. The summed E-state index contributed by atoms with van der Waals surface area (Å²) in [6, 6.07) is 8.32. The van der Waals surface area contributed by atoms with Crippen LogP contribution in [0.15, 0.2) is 40.6 Å². The number of anilines is 1. The van der Waals surface area contributed by atoms with Gasteiger partial charge in [-0.1, -0.05) is 13.0 Å². The number of sulfonamides is 1. The fraction of sp³-hybridized carbons (Fsp3) is 0.231. The highest BCUT2D eigenvalue weighted by atomic mass is 32.2. The molecule has 2 aromatic rings. The van der Waals surface area contributed by atoms with E-state index in [-0.39, 0.29) is 4.90 Å². The molecule has 0 unspecified atom stereocenters. The Bertz CT molecular complexity index is 667. The zero-order chi connectivity index (χ0) is 14.6. The molecule has 0 radical (unpaired) electrons. The molecule has 0 atom stereocenters. The zero-order valence-corrected chi connectivity index (χ0v) is 12.6. The largest absolute Gasteiger partial charge is 0.486 e. The van der Waals surface area contributed by atoms with Crippen LogP contribution >= 0.6 is 11.3 Å². The van der Waals surface area contributed by atoms with Crippen LogP contribution in [0.3, 0.4) is 0 Å². The van der Waals surface area contributed by atoms with Crippen molar-refractivity contribution in [2.45, 2.75) is 18.4 Å². The molecular formula is C13H16N2O3S2. The lowest BCUT2D eigenvalue weighted by Crippen LogP contribution is -2.23. The Kier molecular flexibility index (Phi) is 4.64. The van der Waals surface area contributed by atoms with Crippen LogP contribution in [0.25, 0.3) is 0 Å². The predicted octanol–water partition coefficient (Wildman–Crippen LogP) is 2.21. The van der Waals surface area contributed by atoms with Crippen LogP contribution in [-0.2, 0) is 16.6 Å². The van der Waals surface area contributed by atoms with Crippen molar-refractivity contribution >= 4 is 27.0 Å². The first-order chi connectivity index (χ1) is 9.53. The lowest BCUT2D eigenvalue weighted by atomic mass is 10.3. The van der Waals surface area contributed by atoms with Gasteiger partial charge in [-0.3, -0.25) is 0 Å². The van der Waals surface area contributed by atoms with Gasteiger partial charge in [-0.15, -0.1) is 11.3 Å². The van der Waals surface area contributed by atoms with Gasteiger partial charge in [0.25, 0.3) is 0 Å². The molecule has 1 heterocycles. The average Bonchev–Trinajstić information content (AvgIpc) is 2.90. The molecule has 3 N–H and O–H groups in total. The number of nitrogen functional groups attached to an aromatic ring is 1. The quantitative estimate of drug-likeness (QED) is 0.801. The number of hydrogen-bond acceptors (Lipinski definition) is 5. The first-order valence-electron chi connectivity index (χ1n) is 6.07. The van der Waals surface area contributed by atoms with Gasteiger partial charge < -0.3 is 10.5 Å². The molecule has 1 aromatic carbocycles. The SMILES string of the molecule is CCNS(=O)(=O)c1ccc(N)c(OCc2cccs2)c1. The summed E-state index contributed by atoms with van der Waals surface area (Å²) in [6.07, 6.45) is 0. The van der Waals surface area contributed by atoms with E-state index in [1.54, 1.807) is 18.3 Å². The second kappa shape index (κ2) is 6.25. The molecule has 0 bridgehead atoms. The monoisotopic (exact) mass is 312 g/mol. The lowest BCUT2D eigenvalue weighted by molar-refractivity contribution is 0.310. The third-order valence-corrected chi connectivity index (χ3v) is 4.97. The van der Waals surface area contributed by atoms with E-state index in [9.17, 15) is 8.42 Å². The second-order valence-electron chi connectivity index (χ2n) is 4.07. The molecule has 0 fully saturated rings. The highest BCUT2D eigenvalue weighted by molar-refractivity contribution is 7.89. The molecule has 0 aliphatic rings. The van der Waals surface area contributed by atoms with E-state index >= 15 is 0 Å². The number of rotatable bonds is 6. The van der Waals surface area contributed by atoms with Crippen molar-refractivity contribution in [3.05, 3.63) is 40.6 Å². The number of hydrogen-bond donors (Lipinski definition) is 2. The molecule has 0 saturated heterocycles. The van der Waals surface area contributed by atoms with Gasteiger partial charge >= 0.3 is 0 Å². The summed E-state index contributed by atoms with van der Waals surface area (Å²) in [5, 5.41) is 1.95. The van der Waals surface area contributed by atoms with E-state index < -0.39 is 10.0 Å². The maximum absolute atomic E-state index is 11.9. The summed E-state index contributed by atoms with van der Waals surface area (Å²) >= 11 is 1.57. The van der Waals surface area contributed by atoms with Crippen molar-refractivity contribution in [1.29, 1.82) is 0 Å². The summed E-state index contributed by atoms with van der Waals surface area (Å²) in [5.41, 5.74) is 6.22. The third-order valence-electron chi connectivity index (χ3n) is 2.58. The Morgan fingerprint density at radius 1 is 1.35 bits per heavy atom. The van der Waals surface area contributed by atoms with E-state index in [1.807, 2.05) is 17.5 Å². The lowest BCUT2D eigenvalue weighted by Gasteiger charge is -2.10. The molecule has 2 rings (SSSR count). The van der Waals surface area contributed by atoms with Gasteiger partial charge in [0.15, 0.2) is 0 Å². The van der Waals surface area contributed by atoms with Crippen molar-refractivity contribution in [2.24, 2.45) is 0 Å². The molecular weight excluding hydrogens is 296 g/mol. The normalized spacial score (nSPS) is 11.4. The second-order valence-corrected chi connectivity index (χ2v) is 6.87. The predicted molar refractivity (Wildman–Crippen MR) is 80.4 cm³/mol. The van der Waals surface area contributed by atoms with Crippen molar-refractivity contribution in [2.75, 3.05) is 12.3 Å². The van der Waals surface area contributed by atoms with Crippen LogP contribution in [0.5, 0.6) is 5.75 Å². The van der Waals surface area contributed by atoms with Gasteiger partial charge in [0.1, 0.15) is 12.4 Å². The molecule has 7 heteroatoms. The summed E-state index contributed by atoms with van der Waals surface area (Å²) in [7, 11) is -3.50. The maximum Gasteiger partial charge on any atom is 0.240 e. The Hall–Kier alpha value is -1.57. The minimum absolute atomic E-state index is 0.148. The van der Waals surface area contributed by atoms with Crippen LogP contribution in [0, 0.1) is 0 Å². The van der Waals surface area contributed by atoms with Crippen molar-refractivity contribution in [3.8, 4) is 5.75 Å². The smallest absolute Gasteiger partial charge is 0.240 e. The highest BCUT2D eigenvalue weighted by Crippen LogP contribution is 2.26. The summed E-state index contributed by atoms with van der Waals surface area (Å²) in [5.74, 6) is 0.373. The number of nitrogens with one attached hydrogen (secondary N) is 1. The Morgan fingerprint density at radius 2 is 2.15 bits per heavy atom. The Balaban J connectivity index is 2.20. The van der Waals surface area contributed by atoms with E-state index in [2.05, 4.69) is 4.72 Å². The molecule has 0 aliphatic heterocycles. The van der Waals surface area contributed by atoms with Crippen LogP contribution < -0.4 is 15.2 Å². The van der Waals surface area contributed by atoms with Crippen LogP contribution in [0.1, 0.15) is 11.8 Å². The molecule has 0 amide bonds. The molecule has 20 heavy (non-hydrogen) atoms. The first-order valence-corrected chi connectivity index (χ1v) is 8.43. The fourth-order valence-electron chi connectivity index (χ4n) is 1.62. The van der Waals surface area contributed by atoms with Crippen LogP contribution in [0.4, 0.5) is 5.69 Å². The molecule has 0 spiro atoms. The molecule has 1 aromatic heterocycles. The summed E-state index contributed by atoms with van der Waals surface area (Å²) < 4.78 is 31.9. The van der Waals surface area contributed by atoms with E-state index in [0.717, 1.165) is 4.88 Å². The summed E-state index contributed by atoms with van der Waals surface area (Å²) in [4.78, 5) is 1.19. The van der Waals surface area contributed by atoms with Gasteiger partial charge in [0, 0.05) is 17.5 Å². The minimum atomic E-state index is -3.50. The fourth-order valence-corrected chi connectivity index (χ4v) is 3.30. The standard InChI is InChI=1S/C13H16N2O3S2/c1-2-15-20(16,17)11-5-6-12(14)13(8-11)18-9-10-4-3-7-19-10/h3-8,15H,2,9,14H2,1H3. The zero-order valence-electron chi connectivity index (χ0n) is 11.0. The Labute approximate surface area is 122 Å². The van der Waals surface area contributed by atoms with Gasteiger partial charge in [0.2, 0.25) is 10.0 Å². The maximum atomic E-state index is 11.9. The van der Waals surface area contributed by atoms with Gasteiger partial charge in [-0.25, -0.2) is 13.1 Å². The number of ether oxygens (including phenoxy) is 1. The van der Waals surface area contributed by atoms with Crippen molar-refractivity contribution in [3.63, 3.8) is 0 Å². The van der Waals surface area contributed by atoms with E-state index in [4.69, 9.17) is 10.5 Å². The van der Waals surface area contributed by atoms with E-state index in [0.29, 0.717) is 24.6 Å². The third kappa shape index (κ3) is 3.50. The topological polar surface area (TPSA) is 81.4 Å². The molecule has 5 nitrogen and oxygen atoms in total. The number of nitrogens with two attached hydrogens (primary N) is 1. The Morgan fingerprint density at radius 3 is 2.80 bits per heavy atom. The van der Waals surface area contributed by atoms with Gasteiger partial charge in [0.05, 0.1) is 10.6 Å². The molecule has 0 saturated carbocycles. The number of benzene rings is 1. The average molecular weight is 312 g/mol. The van der Waals surface area contributed by atoms with Gasteiger partial charge in [-0.05, 0) is 23.6 Å². The number of thiophene rings is 1. The summed E-state index contributed by atoms with van der Waals surface area (Å²) in [6.45, 7) is 2.42. The highest BCUT2D eigenvalue weighted by Gasteiger charge is 2.15. The van der Waals surface area contributed by atoms with Crippen LogP contribution in [-0.4, -0.2) is 15.0 Å². The van der Waals surface area contributed by atoms with E-state index in [1.165, 1.54) is 18.2 Å².